The van der Waals surface area contributed by atoms with Crippen LogP contribution in [0.3, 0.4) is 0 Å². The van der Waals surface area contributed by atoms with Crippen LogP contribution in [-0.4, -0.2) is 47.5 Å². The summed E-state index contributed by atoms with van der Waals surface area (Å²) in [5.74, 6) is 1.99. The SMILES string of the molecule is CCCCN(C)c1cc(C(=O)N2CCCC(C)C2)nc(-c2ccccc2)n1. The summed E-state index contributed by atoms with van der Waals surface area (Å²) in [6.07, 6.45) is 4.47. The monoisotopic (exact) mass is 366 g/mol. The lowest BCUT2D eigenvalue weighted by molar-refractivity contribution is 0.0677. The minimum atomic E-state index is 0.0197. The van der Waals surface area contributed by atoms with Crippen LogP contribution in [0.2, 0.25) is 0 Å². The van der Waals surface area contributed by atoms with Crippen molar-refractivity contribution in [2.75, 3.05) is 31.6 Å². The molecule has 0 aliphatic carbocycles. The van der Waals surface area contributed by atoms with Gasteiger partial charge in [0.25, 0.3) is 5.91 Å². The number of rotatable bonds is 6. The Labute approximate surface area is 162 Å². The molecule has 27 heavy (non-hydrogen) atoms. The van der Waals surface area contributed by atoms with Gasteiger partial charge in [0.2, 0.25) is 0 Å². The van der Waals surface area contributed by atoms with E-state index in [4.69, 9.17) is 4.98 Å². The van der Waals surface area contributed by atoms with Crippen molar-refractivity contribution in [3.8, 4) is 11.4 Å². The maximum Gasteiger partial charge on any atom is 0.272 e. The molecule has 1 aliphatic heterocycles. The average molecular weight is 367 g/mol. The lowest BCUT2D eigenvalue weighted by Crippen LogP contribution is -2.39. The van der Waals surface area contributed by atoms with Crippen LogP contribution in [0.5, 0.6) is 0 Å². The molecule has 0 bridgehead atoms. The number of benzene rings is 1. The number of anilines is 1. The fourth-order valence-electron chi connectivity index (χ4n) is 3.50. The topological polar surface area (TPSA) is 49.3 Å². The summed E-state index contributed by atoms with van der Waals surface area (Å²) in [6, 6.07) is 11.7. The molecule has 1 aromatic heterocycles. The third kappa shape index (κ3) is 4.85. The predicted octanol–water partition coefficient (Wildman–Crippen LogP) is 4.25. The largest absolute Gasteiger partial charge is 0.360 e. The van der Waals surface area contributed by atoms with Crippen molar-refractivity contribution in [1.29, 1.82) is 0 Å². The molecule has 144 valence electrons. The molecule has 0 saturated carbocycles. The summed E-state index contributed by atoms with van der Waals surface area (Å²) in [7, 11) is 2.03. The van der Waals surface area contributed by atoms with Crippen LogP contribution < -0.4 is 4.90 Å². The van der Waals surface area contributed by atoms with Crippen molar-refractivity contribution in [1.82, 2.24) is 14.9 Å². The first-order valence-corrected chi connectivity index (χ1v) is 10.0. The zero-order valence-corrected chi connectivity index (χ0v) is 16.7. The van der Waals surface area contributed by atoms with Crippen LogP contribution >= 0.6 is 0 Å². The molecule has 2 heterocycles. The summed E-state index contributed by atoms with van der Waals surface area (Å²) in [6.45, 7) is 6.92. The van der Waals surface area contributed by atoms with E-state index in [1.807, 2.05) is 48.3 Å². The second kappa shape index (κ2) is 8.98. The van der Waals surface area contributed by atoms with E-state index in [1.54, 1.807) is 0 Å². The number of nitrogens with zero attached hydrogens (tertiary/aromatic N) is 4. The Bertz CT molecular complexity index is 762. The maximum atomic E-state index is 13.1. The molecule has 1 saturated heterocycles. The van der Waals surface area contributed by atoms with Gasteiger partial charge in [-0.05, 0) is 25.2 Å². The molecule has 0 radical (unpaired) electrons. The van der Waals surface area contributed by atoms with E-state index in [0.717, 1.165) is 50.3 Å². The molecule has 1 atom stereocenters. The van der Waals surface area contributed by atoms with Gasteiger partial charge in [-0.3, -0.25) is 4.79 Å². The van der Waals surface area contributed by atoms with Gasteiger partial charge in [0, 0.05) is 38.3 Å². The molecule has 0 N–H and O–H groups in total. The molecular formula is C22H30N4O. The van der Waals surface area contributed by atoms with Gasteiger partial charge in [-0.25, -0.2) is 9.97 Å². The molecule has 1 aromatic carbocycles. The summed E-state index contributed by atoms with van der Waals surface area (Å²) in [4.78, 5) is 26.6. The number of carbonyl (C=O) groups excluding carboxylic acids is 1. The van der Waals surface area contributed by atoms with E-state index in [9.17, 15) is 4.79 Å². The van der Waals surface area contributed by atoms with Gasteiger partial charge in [0.15, 0.2) is 5.82 Å². The molecule has 1 amide bonds. The summed E-state index contributed by atoms with van der Waals surface area (Å²) >= 11 is 0. The Morgan fingerprint density at radius 3 is 2.74 bits per heavy atom. The smallest absolute Gasteiger partial charge is 0.272 e. The standard InChI is InChI=1S/C22H30N4O/c1-4-5-13-25(3)20-15-19(22(27)26-14-9-10-17(2)16-26)23-21(24-20)18-11-7-6-8-12-18/h6-8,11-12,15,17H,4-5,9-10,13-14,16H2,1-3H3. The minimum absolute atomic E-state index is 0.0197. The van der Waals surface area contributed by atoms with Gasteiger partial charge in [0.1, 0.15) is 11.5 Å². The highest BCUT2D eigenvalue weighted by atomic mass is 16.2. The number of hydrogen-bond donors (Lipinski definition) is 0. The van der Waals surface area contributed by atoms with E-state index in [2.05, 4.69) is 23.7 Å². The van der Waals surface area contributed by atoms with E-state index in [-0.39, 0.29) is 5.91 Å². The molecular weight excluding hydrogens is 336 g/mol. The van der Waals surface area contributed by atoms with Crippen LogP contribution in [0.25, 0.3) is 11.4 Å². The van der Waals surface area contributed by atoms with E-state index in [0.29, 0.717) is 17.4 Å². The predicted molar refractivity (Wildman–Crippen MR) is 110 cm³/mol. The molecule has 0 spiro atoms. The Hall–Kier alpha value is -2.43. The van der Waals surface area contributed by atoms with Crippen molar-refractivity contribution >= 4 is 11.7 Å². The number of carbonyl (C=O) groups is 1. The Morgan fingerprint density at radius 2 is 2.04 bits per heavy atom. The number of aromatic nitrogens is 2. The van der Waals surface area contributed by atoms with Crippen molar-refractivity contribution < 1.29 is 4.79 Å². The number of likely N-dealkylation sites (tertiary alicyclic amines) is 1. The molecule has 5 heteroatoms. The average Bonchev–Trinajstić information content (AvgIpc) is 2.71. The normalized spacial score (nSPS) is 17.0. The van der Waals surface area contributed by atoms with Gasteiger partial charge in [-0.15, -0.1) is 0 Å². The fourth-order valence-corrected chi connectivity index (χ4v) is 3.50. The van der Waals surface area contributed by atoms with Crippen LogP contribution in [0.4, 0.5) is 5.82 Å². The van der Waals surface area contributed by atoms with Gasteiger partial charge in [-0.1, -0.05) is 50.6 Å². The van der Waals surface area contributed by atoms with Gasteiger partial charge < -0.3 is 9.80 Å². The molecule has 2 aromatic rings. The van der Waals surface area contributed by atoms with E-state index >= 15 is 0 Å². The quantitative estimate of drug-likeness (QED) is 0.767. The van der Waals surface area contributed by atoms with Crippen molar-refractivity contribution in [3.63, 3.8) is 0 Å². The second-order valence-corrected chi connectivity index (χ2v) is 7.57. The molecule has 1 aliphatic rings. The van der Waals surface area contributed by atoms with E-state index in [1.165, 1.54) is 6.42 Å². The molecule has 5 nitrogen and oxygen atoms in total. The Kier molecular flexibility index (Phi) is 6.43. The van der Waals surface area contributed by atoms with Crippen molar-refractivity contribution in [3.05, 3.63) is 42.1 Å². The second-order valence-electron chi connectivity index (χ2n) is 7.57. The molecule has 3 rings (SSSR count). The Morgan fingerprint density at radius 1 is 1.26 bits per heavy atom. The zero-order valence-electron chi connectivity index (χ0n) is 16.7. The highest BCUT2D eigenvalue weighted by Crippen LogP contribution is 2.23. The highest BCUT2D eigenvalue weighted by Gasteiger charge is 2.24. The van der Waals surface area contributed by atoms with Crippen LogP contribution in [0.1, 0.15) is 50.0 Å². The Balaban J connectivity index is 1.95. The van der Waals surface area contributed by atoms with Crippen LogP contribution in [-0.2, 0) is 0 Å². The van der Waals surface area contributed by atoms with Crippen molar-refractivity contribution in [2.24, 2.45) is 5.92 Å². The van der Waals surface area contributed by atoms with Crippen LogP contribution in [0.15, 0.2) is 36.4 Å². The maximum absolute atomic E-state index is 13.1. The number of hydrogen-bond acceptors (Lipinski definition) is 4. The number of amides is 1. The lowest BCUT2D eigenvalue weighted by Gasteiger charge is -2.31. The molecule has 1 unspecified atom stereocenters. The van der Waals surface area contributed by atoms with Gasteiger partial charge >= 0.3 is 0 Å². The molecule has 1 fully saturated rings. The highest BCUT2D eigenvalue weighted by molar-refractivity contribution is 5.93. The first-order chi connectivity index (χ1) is 13.1. The summed E-state index contributed by atoms with van der Waals surface area (Å²) in [5, 5.41) is 0. The van der Waals surface area contributed by atoms with Crippen molar-refractivity contribution in [2.45, 2.75) is 39.5 Å². The fraction of sp³-hybridized carbons (Fsp3) is 0.500. The first kappa shape index (κ1) is 19.3. The number of unbranched alkanes of at least 4 members (excludes halogenated alkanes) is 1. The third-order valence-corrected chi connectivity index (χ3v) is 5.15. The third-order valence-electron chi connectivity index (χ3n) is 5.15. The first-order valence-electron chi connectivity index (χ1n) is 10.0. The van der Waals surface area contributed by atoms with Gasteiger partial charge in [-0.2, -0.15) is 0 Å². The zero-order chi connectivity index (χ0) is 19.2. The number of piperidine rings is 1. The summed E-state index contributed by atoms with van der Waals surface area (Å²) in [5.41, 5.74) is 1.43. The summed E-state index contributed by atoms with van der Waals surface area (Å²) < 4.78 is 0. The van der Waals surface area contributed by atoms with E-state index < -0.39 is 0 Å². The van der Waals surface area contributed by atoms with Crippen LogP contribution in [0, 0.1) is 5.92 Å². The lowest BCUT2D eigenvalue weighted by atomic mass is 10.00. The minimum Gasteiger partial charge on any atom is -0.360 e. The van der Waals surface area contributed by atoms with Gasteiger partial charge in [0.05, 0.1) is 0 Å².